The van der Waals surface area contributed by atoms with Gasteiger partial charge in [-0.15, -0.1) is 0 Å². The van der Waals surface area contributed by atoms with Gasteiger partial charge in [0.1, 0.15) is 0 Å². The minimum atomic E-state index is -0.516. The topological polar surface area (TPSA) is 71.5 Å². The van der Waals surface area contributed by atoms with Crippen LogP contribution in [-0.2, 0) is 22.5 Å². The number of ether oxygens (including phenoxy) is 1. The van der Waals surface area contributed by atoms with Crippen molar-refractivity contribution in [1.82, 2.24) is 9.88 Å². The standard InChI is InChI=1S/C23H22ClN3O3/c1-14-7-8-15(11-18(14)24)25-21(28)13-30-23(29)22-16-5-3-4-6-19(16)26-20-9-10-27(2)12-17(20)22/h3-8,11H,9-10,12-13H2,1-2H3,(H,25,28). The lowest BCUT2D eigenvalue weighted by Gasteiger charge is -2.26. The van der Waals surface area contributed by atoms with Gasteiger partial charge in [-0.2, -0.15) is 0 Å². The van der Waals surface area contributed by atoms with Crippen LogP contribution >= 0.6 is 11.6 Å². The first-order chi connectivity index (χ1) is 14.4. The van der Waals surface area contributed by atoms with Crippen molar-refractivity contribution in [3.63, 3.8) is 0 Å². The first kappa shape index (κ1) is 20.3. The van der Waals surface area contributed by atoms with Gasteiger partial charge in [0, 0.05) is 46.9 Å². The van der Waals surface area contributed by atoms with Crippen molar-refractivity contribution >= 4 is 40.1 Å². The molecular weight excluding hydrogens is 402 g/mol. The fourth-order valence-electron chi connectivity index (χ4n) is 3.63. The summed E-state index contributed by atoms with van der Waals surface area (Å²) in [6.07, 6.45) is 0.769. The molecule has 7 heteroatoms. The van der Waals surface area contributed by atoms with Gasteiger partial charge in [-0.05, 0) is 37.7 Å². The number of nitrogens with zero attached hydrogens (tertiary/aromatic N) is 2. The van der Waals surface area contributed by atoms with Gasteiger partial charge >= 0.3 is 5.97 Å². The zero-order valence-electron chi connectivity index (χ0n) is 16.9. The Morgan fingerprint density at radius 1 is 1.23 bits per heavy atom. The average molecular weight is 424 g/mol. The number of nitrogens with one attached hydrogen (secondary N) is 1. The summed E-state index contributed by atoms with van der Waals surface area (Å²) in [4.78, 5) is 32.2. The molecule has 1 amide bonds. The Labute approximate surface area is 179 Å². The number of carbonyl (C=O) groups is 2. The zero-order chi connectivity index (χ0) is 21.3. The number of benzene rings is 2. The number of amides is 1. The molecule has 0 fully saturated rings. The molecule has 0 spiro atoms. The Bertz CT molecular complexity index is 1150. The number of aryl methyl sites for hydroxylation is 1. The largest absolute Gasteiger partial charge is 0.452 e. The number of hydrogen-bond donors (Lipinski definition) is 1. The Balaban J connectivity index is 1.55. The summed E-state index contributed by atoms with van der Waals surface area (Å²) in [7, 11) is 2.01. The number of carbonyl (C=O) groups excluding carboxylic acids is 2. The number of para-hydroxylation sites is 1. The van der Waals surface area contributed by atoms with Crippen molar-refractivity contribution in [3.05, 3.63) is 69.9 Å². The van der Waals surface area contributed by atoms with Gasteiger partial charge in [0.2, 0.25) is 0 Å². The number of aromatic nitrogens is 1. The van der Waals surface area contributed by atoms with Gasteiger partial charge in [0.25, 0.3) is 5.91 Å². The highest BCUT2D eigenvalue weighted by molar-refractivity contribution is 6.31. The third-order valence-electron chi connectivity index (χ3n) is 5.23. The average Bonchev–Trinajstić information content (AvgIpc) is 2.73. The van der Waals surface area contributed by atoms with Gasteiger partial charge in [-0.25, -0.2) is 4.79 Å². The van der Waals surface area contributed by atoms with Crippen LogP contribution in [0.2, 0.25) is 5.02 Å². The van der Waals surface area contributed by atoms with Gasteiger partial charge in [-0.3, -0.25) is 9.78 Å². The highest BCUT2D eigenvalue weighted by atomic mass is 35.5. The molecular formula is C23H22ClN3O3. The molecule has 1 aliphatic heterocycles. The molecule has 6 nitrogen and oxygen atoms in total. The van der Waals surface area contributed by atoms with Crippen molar-refractivity contribution < 1.29 is 14.3 Å². The van der Waals surface area contributed by atoms with E-state index in [1.165, 1.54) is 0 Å². The maximum Gasteiger partial charge on any atom is 0.339 e. The fourth-order valence-corrected chi connectivity index (χ4v) is 3.81. The number of fused-ring (bicyclic) bond motifs is 2. The van der Waals surface area contributed by atoms with Gasteiger partial charge < -0.3 is 15.0 Å². The number of likely N-dealkylation sites (N-methyl/N-ethyl adjacent to an activating group) is 1. The maximum absolute atomic E-state index is 13.0. The number of pyridine rings is 1. The van der Waals surface area contributed by atoms with Crippen LogP contribution in [0.15, 0.2) is 42.5 Å². The Kier molecular flexibility index (Phi) is 5.70. The van der Waals surface area contributed by atoms with Crippen LogP contribution < -0.4 is 5.32 Å². The number of halogens is 1. The van der Waals surface area contributed by atoms with Gasteiger partial charge in [-0.1, -0.05) is 35.9 Å². The number of hydrogen-bond acceptors (Lipinski definition) is 5. The molecule has 3 aromatic rings. The van der Waals surface area contributed by atoms with E-state index in [0.717, 1.165) is 40.7 Å². The van der Waals surface area contributed by atoms with Crippen molar-refractivity contribution in [2.24, 2.45) is 0 Å². The minimum Gasteiger partial charge on any atom is -0.452 e. The molecule has 0 aliphatic carbocycles. The molecule has 154 valence electrons. The highest BCUT2D eigenvalue weighted by Crippen LogP contribution is 2.28. The summed E-state index contributed by atoms with van der Waals surface area (Å²) in [5.41, 5.74) is 4.51. The Hall–Kier alpha value is -2.96. The van der Waals surface area contributed by atoms with Crippen LogP contribution in [0.1, 0.15) is 27.2 Å². The molecule has 2 heterocycles. The van der Waals surface area contributed by atoms with E-state index in [1.807, 2.05) is 44.3 Å². The first-order valence-corrected chi connectivity index (χ1v) is 10.1. The number of rotatable bonds is 4. The fraction of sp³-hybridized carbons (Fsp3) is 0.261. The molecule has 2 aromatic carbocycles. The molecule has 0 saturated heterocycles. The van der Waals surface area contributed by atoms with Crippen LogP contribution in [0.4, 0.5) is 5.69 Å². The molecule has 0 radical (unpaired) electrons. The van der Waals surface area contributed by atoms with Crippen LogP contribution in [0.25, 0.3) is 10.9 Å². The van der Waals surface area contributed by atoms with Gasteiger partial charge in [0.15, 0.2) is 6.61 Å². The molecule has 30 heavy (non-hydrogen) atoms. The molecule has 1 aromatic heterocycles. The molecule has 4 rings (SSSR count). The van der Waals surface area contributed by atoms with Crippen molar-refractivity contribution in [3.8, 4) is 0 Å². The number of esters is 1. The first-order valence-electron chi connectivity index (χ1n) is 9.74. The summed E-state index contributed by atoms with van der Waals surface area (Å²) in [5, 5.41) is 4.00. The van der Waals surface area contributed by atoms with E-state index >= 15 is 0 Å². The molecule has 0 saturated carbocycles. The predicted molar refractivity (Wildman–Crippen MR) is 117 cm³/mol. The van der Waals surface area contributed by atoms with Crippen LogP contribution in [0.5, 0.6) is 0 Å². The minimum absolute atomic E-state index is 0.383. The lowest BCUT2D eigenvalue weighted by molar-refractivity contribution is -0.119. The lowest BCUT2D eigenvalue weighted by Crippen LogP contribution is -2.30. The summed E-state index contributed by atoms with van der Waals surface area (Å²) in [6.45, 7) is 3.00. The van der Waals surface area contributed by atoms with E-state index in [1.54, 1.807) is 12.1 Å². The summed E-state index contributed by atoms with van der Waals surface area (Å²) >= 11 is 6.09. The second kappa shape index (κ2) is 8.42. The lowest BCUT2D eigenvalue weighted by atomic mass is 9.96. The third kappa shape index (κ3) is 4.15. The zero-order valence-corrected chi connectivity index (χ0v) is 17.6. The van der Waals surface area contributed by atoms with Crippen LogP contribution in [0.3, 0.4) is 0 Å². The monoisotopic (exact) mass is 423 g/mol. The second-order valence-corrected chi connectivity index (χ2v) is 7.91. The second-order valence-electron chi connectivity index (χ2n) is 7.51. The predicted octanol–water partition coefficient (Wildman–Crippen LogP) is 3.98. The van der Waals surface area contributed by atoms with E-state index in [2.05, 4.69) is 10.2 Å². The number of anilines is 1. The molecule has 0 atom stereocenters. The van der Waals surface area contributed by atoms with Crippen LogP contribution in [-0.4, -0.2) is 42.0 Å². The molecule has 0 bridgehead atoms. The van der Waals surface area contributed by atoms with Gasteiger partial charge in [0.05, 0.1) is 11.1 Å². The quantitative estimate of drug-likeness (QED) is 0.642. The van der Waals surface area contributed by atoms with E-state index in [0.29, 0.717) is 22.8 Å². The van der Waals surface area contributed by atoms with Crippen molar-refractivity contribution in [2.75, 3.05) is 25.5 Å². The Morgan fingerprint density at radius 2 is 2.03 bits per heavy atom. The molecule has 0 unspecified atom stereocenters. The van der Waals surface area contributed by atoms with Crippen molar-refractivity contribution in [1.29, 1.82) is 0 Å². The van der Waals surface area contributed by atoms with Crippen molar-refractivity contribution in [2.45, 2.75) is 19.9 Å². The molecule has 1 aliphatic rings. The van der Waals surface area contributed by atoms with E-state index in [-0.39, 0.29) is 6.61 Å². The third-order valence-corrected chi connectivity index (χ3v) is 5.64. The summed E-state index contributed by atoms with van der Waals surface area (Å²) in [6, 6.07) is 12.7. The highest BCUT2D eigenvalue weighted by Gasteiger charge is 2.25. The smallest absolute Gasteiger partial charge is 0.339 e. The van der Waals surface area contributed by atoms with E-state index < -0.39 is 11.9 Å². The summed E-state index contributed by atoms with van der Waals surface area (Å²) in [5.74, 6) is -0.940. The van der Waals surface area contributed by atoms with Crippen LogP contribution in [0, 0.1) is 6.92 Å². The van der Waals surface area contributed by atoms with E-state index in [4.69, 9.17) is 21.3 Å². The maximum atomic E-state index is 13.0. The Morgan fingerprint density at radius 3 is 2.83 bits per heavy atom. The summed E-state index contributed by atoms with van der Waals surface area (Å²) < 4.78 is 5.40. The van der Waals surface area contributed by atoms with E-state index in [9.17, 15) is 9.59 Å². The SMILES string of the molecule is Cc1ccc(NC(=O)COC(=O)c2c3c(nc4ccccc24)CCN(C)C3)cc1Cl. The normalized spacial score (nSPS) is 13.7. The molecule has 1 N–H and O–H groups in total.